The highest BCUT2D eigenvalue weighted by atomic mass is 19.1. The van der Waals surface area contributed by atoms with Crippen LogP contribution in [0.2, 0.25) is 0 Å². The normalized spacial score (nSPS) is 26.1. The summed E-state index contributed by atoms with van der Waals surface area (Å²) in [5.41, 5.74) is 6.44. The topological polar surface area (TPSA) is 35.2 Å². The van der Waals surface area contributed by atoms with E-state index in [1.54, 1.807) is 0 Å². The number of benzene rings is 1. The van der Waals surface area contributed by atoms with Gasteiger partial charge >= 0.3 is 0 Å². The molecule has 1 aromatic carbocycles. The molecule has 0 aliphatic carbocycles. The van der Waals surface area contributed by atoms with Crippen LogP contribution in [0.25, 0.3) is 0 Å². The molecule has 3 atom stereocenters. The Balaban J connectivity index is 2.00. The molecule has 17 heavy (non-hydrogen) atoms. The Kier molecular flexibility index (Phi) is 3.74. The zero-order chi connectivity index (χ0) is 12.4. The minimum absolute atomic E-state index is 0.0190. The van der Waals surface area contributed by atoms with Crippen molar-refractivity contribution in [1.29, 1.82) is 0 Å². The predicted molar refractivity (Wildman–Crippen MR) is 61.6 cm³/mol. The molecule has 4 heteroatoms. The summed E-state index contributed by atoms with van der Waals surface area (Å²) in [4.78, 5) is 0. The van der Waals surface area contributed by atoms with Crippen LogP contribution < -0.4 is 5.73 Å². The average Bonchev–Trinajstić information content (AvgIpc) is 2.69. The lowest BCUT2D eigenvalue weighted by molar-refractivity contribution is 0.0403. The molecule has 0 spiro atoms. The van der Waals surface area contributed by atoms with E-state index in [9.17, 15) is 8.78 Å². The fraction of sp³-hybridized carbons (Fsp3) is 0.538. The van der Waals surface area contributed by atoms with Crippen molar-refractivity contribution in [2.24, 2.45) is 5.73 Å². The second kappa shape index (κ2) is 5.10. The third-order valence-electron chi connectivity index (χ3n) is 3.21. The molecule has 0 amide bonds. The molecule has 1 fully saturated rings. The molecule has 94 valence electrons. The zero-order valence-electron chi connectivity index (χ0n) is 9.83. The molecule has 0 radical (unpaired) electrons. The number of rotatable bonds is 3. The highest BCUT2D eigenvalue weighted by molar-refractivity contribution is 5.19. The maximum atomic E-state index is 13.4. The van der Waals surface area contributed by atoms with Crippen molar-refractivity contribution in [3.05, 3.63) is 35.4 Å². The van der Waals surface area contributed by atoms with Gasteiger partial charge in [-0.1, -0.05) is 6.07 Å². The summed E-state index contributed by atoms with van der Waals surface area (Å²) in [6.45, 7) is 2.01. The van der Waals surface area contributed by atoms with Crippen LogP contribution in [0.15, 0.2) is 18.2 Å². The first-order valence-electron chi connectivity index (χ1n) is 5.91. The maximum Gasteiger partial charge on any atom is 0.129 e. The third-order valence-corrected chi connectivity index (χ3v) is 3.21. The van der Waals surface area contributed by atoms with Gasteiger partial charge in [-0.05, 0) is 37.8 Å². The van der Waals surface area contributed by atoms with Crippen molar-refractivity contribution >= 4 is 0 Å². The number of hydrogen-bond donors (Lipinski definition) is 1. The minimum atomic E-state index is -0.564. The summed E-state index contributed by atoms with van der Waals surface area (Å²) in [7, 11) is 0. The largest absolute Gasteiger partial charge is 0.374 e. The van der Waals surface area contributed by atoms with Gasteiger partial charge in [0, 0.05) is 12.1 Å². The molecule has 3 unspecified atom stereocenters. The van der Waals surface area contributed by atoms with Crippen LogP contribution in [0.1, 0.15) is 25.3 Å². The molecule has 2 rings (SSSR count). The first-order valence-corrected chi connectivity index (χ1v) is 5.91. The van der Waals surface area contributed by atoms with E-state index < -0.39 is 11.6 Å². The van der Waals surface area contributed by atoms with Gasteiger partial charge in [-0.25, -0.2) is 8.78 Å². The van der Waals surface area contributed by atoms with Crippen molar-refractivity contribution in [2.45, 2.75) is 44.4 Å². The molecular weight excluding hydrogens is 224 g/mol. The number of halogens is 2. The van der Waals surface area contributed by atoms with Crippen LogP contribution >= 0.6 is 0 Å². The monoisotopic (exact) mass is 241 g/mol. The van der Waals surface area contributed by atoms with Gasteiger partial charge in [0.05, 0.1) is 12.2 Å². The van der Waals surface area contributed by atoms with E-state index in [4.69, 9.17) is 10.5 Å². The zero-order valence-corrected chi connectivity index (χ0v) is 9.83. The average molecular weight is 241 g/mol. The van der Waals surface area contributed by atoms with Gasteiger partial charge in [-0.15, -0.1) is 0 Å². The van der Waals surface area contributed by atoms with Gasteiger partial charge in [0.2, 0.25) is 0 Å². The minimum Gasteiger partial charge on any atom is -0.374 e. The van der Waals surface area contributed by atoms with Crippen LogP contribution in [-0.4, -0.2) is 18.2 Å². The van der Waals surface area contributed by atoms with Crippen molar-refractivity contribution in [3.63, 3.8) is 0 Å². The molecule has 2 nitrogen and oxygen atoms in total. The second-order valence-electron chi connectivity index (χ2n) is 4.67. The molecule has 0 aromatic heterocycles. The predicted octanol–water partition coefficient (Wildman–Crippen LogP) is 2.40. The highest BCUT2D eigenvalue weighted by Gasteiger charge is 2.27. The first kappa shape index (κ1) is 12.5. The summed E-state index contributed by atoms with van der Waals surface area (Å²) in [5, 5.41) is 0. The smallest absolute Gasteiger partial charge is 0.129 e. The third kappa shape index (κ3) is 3.01. The van der Waals surface area contributed by atoms with Crippen LogP contribution in [-0.2, 0) is 11.2 Å². The summed E-state index contributed by atoms with van der Waals surface area (Å²) < 4.78 is 31.8. The summed E-state index contributed by atoms with van der Waals surface area (Å²) in [6, 6.07) is 3.35. The molecule has 0 saturated carbocycles. The standard InChI is InChI=1S/C13H17F2NO/c1-8-2-5-13(17-8)12(16)6-9-3-4-10(14)7-11(9)15/h3-4,7-8,12-13H,2,5-6,16H2,1H3. The van der Waals surface area contributed by atoms with Gasteiger partial charge in [-0.2, -0.15) is 0 Å². The quantitative estimate of drug-likeness (QED) is 0.882. The molecule has 1 aliphatic rings. The first-order chi connectivity index (χ1) is 8.06. The van der Waals surface area contributed by atoms with E-state index in [0.29, 0.717) is 12.0 Å². The molecule has 1 aliphatic heterocycles. The molecule has 0 bridgehead atoms. The van der Waals surface area contributed by atoms with Crippen molar-refractivity contribution in [3.8, 4) is 0 Å². The van der Waals surface area contributed by atoms with Crippen LogP contribution in [0.4, 0.5) is 8.78 Å². The van der Waals surface area contributed by atoms with Crippen LogP contribution in [0.5, 0.6) is 0 Å². The lowest BCUT2D eigenvalue weighted by atomic mass is 10.00. The van der Waals surface area contributed by atoms with Crippen LogP contribution in [0.3, 0.4) is 0 Å². The molecule has 1 heterocycles. The molecule has 2 N–H and O–H groups in total. The fourth-order valence-electron chi connectivity index (χ4n) is 2.22. The Morgan fingerprint density at radius 3 is 2.76 bits per heavy atom. The number of nitrogens with two attached hydrogens (primary N) is 1. The number of hydrogen-bond acceptors (Lipinski definition) is 2. The van der Waals surface area contributed by atoms with Crippen molar-refractivity contribution in [2.75, 3.05) is 0 Å². The van der Waals surface area contributed by atoms with E-state index in [0.717, 1.165) is 18.9 Å². The van der Waals surface area contributed by atoms with Gasteiger partial charge < -0.3 is 10.5 Å². The molecular formula is C13H17F2NO. The Hall–Kier alpha value is -1.00. The Bertz CT molecular complexity index is 397. The summed E-state index contributed by atoms with van der Waals surface area (Å²) >= 11 is 0. The lowest BCUT2D eigenvalue weighted by Crippen LogP contribution is -2.36. The SMILES string of the molecule is CC1CCC(C(N)Cc2ccc(F)cc2F)O1. The lowest BCUT2D eigenvalue weighted by Gasteiger charge is -2.19. The fourth-order valence-corrected chi connectivity index (χ4v) is 2.22. The highest BCUT2D eigenvalue weighted by Crippen LogP contribution is 2.23. The van der Waals surface area contributed by atoms with Crippen molar-refractivity contribution in [1.82, 2.24) is 0 Å². The summed E-state index contributed by atoms with van der Waals surface area (Å²) in [6.07, 6.45) is 2.48. The van der Waals surface area contributed by atoms with E-state index in [2.05, 4.69) is 0 Å². The number of ether oxygens (including phenoxy) is 1. The van der Waals surface area contributed by atoms with Gasteiger partial charge in [0.25, 0.3) is 0 Å². The summed E-state index contributed by atoms with van der Waals surface area (Å²) in [5.74, 6) is -1.10. The second-order valence-corrected chi connectivity index (χ2v) is 4.67. The van der Waals surface area contributed by atoms with E-state index in [1.165, 1.54) is 12.1 Å². The van der Waals surface area contributed by atoms with Gasteiger partial charge in [-0.3, -0.25) is 0 Å². The van der Waals surface area contributed by atoms with E-state index >= 15 is 0 Å². The van der Waals surface area contributed by atoms with Gasteiger partial charge in [0.15, 0.2) is 0 Å². The Labute approximate surface area is 99.8 Å². The van der Waals surface area contributed by atoms with Gasteiger partial charge in [0.1, 0.15) is 11.6 Å². The van der Waals surface area contributed by atoms with Crippen LogP contribution in [0, 0.1) is 11.6 Å². The van der Waals surface area contributed by atoms with E-state index in [-0.39, 0.29) is 18.2 Å². The van der Waals surface area contributed by atoms with Crippen molar-refractivity contribution < 1.29 is 13.5 Å². The Morgan fingerprint density at radius 1 is 1.41 bits per heavy atom. The van der Waals surface area contributed by atoms with E-state index in [1.807, 2.05) is 6.92 Å². The molecule has 1 saturated heterocycles. The Morgan fingerprint density at radius 2 is 2.18 bits per heavy atom. The molecule has 1 aromatic rings. The maximum absolute atomic E-state index is 13.4.